The maximum atomic E-state index is 11.9. The summed E-state index contributed by atoms with van der Waals surface area (Å²) in [6, 6.07) is 6.95. The van der Waals surface area contributed by atoms with Gasteiger partial charge in [0, 0.05) is 12.6 Å². The van der Waals surface area contributed by atoms with Crippen molar-refractivity contribution in [1.29, 1.82) is 0 Å². The van der Waals surface area contributed by atoms with Gasteiger partial charge in [0.1, 0.15) is 5.75 Å². The van der Waals surface area contributed by atoms with E-state index in [1.165, 1.54) is 4.90 Å². The van der Waals surface area contributed by atoms with Crippen molar-refractivity contribution in [3.63, 3.8) is 0 Å². The Bertz CT molecular complexity index is 407. The second kappa shape index (κ2) is 5.46. The lowest BCUT2D eigenvalue weighted by Gasteiger charge is -2.16. The predicted molar refractivity (Wildman–Crippen MR) is 66.7 cm³/mol. The minimum Gasteiger partial charge on any atom is -0.497 e. The van der Waals surface area contributed by atoms with Crippen molar-refractivity contribution in [1.82, 2.24) is 4.90 Å². The smallest absolute Gasteiger partial charge is 0.254 e. The van der Waals surface area contributed by atoms with Crippen LogP contribution in [0.4, 0.5) is 0 Å². The van der Waals surface area contributed by atoms with Gasteiger partial charge in [-0.25, -0.2) is 0 Å². The molecule has 0 saturated carbocycles. The fourth-order valence-electron chi connectivity index (χ4n) is 1.28. The van der Waals surface area contributed by atoms with Gasteiger partial charge in [-0.05, 0) is 18.2 Å². The first-order valence-corrected chi connectivity index (χ1v) is 5.13. The molecule has 1 amide bonds. The van der Waals surface area contributed by atoms with Gasteiger partial charge < -0.3 is 15.4 Å². The summed E-state index contributed by atoms with van der Waals surface area (Å²) in [5.74, 6) is 0.515. The highest BCUT2D eigenvalue weighted by Crippen LogP contribution is 2.13. The molecule has 5 heteroatoms. The van der Waals surface area contributed by atoms with Crippen LogP contribution < -0.4 is 10.5 Å². The fraction of sp³-hybridized carbons (Fsp3) is 0.273. The van der Waals surface area contributed by atoms with Crippen LogP contribution in [0.3, 0.4) is 0 Å². The first-order valence-electron chi connectivity index (χ1n) is 4.72. The number of ether oxygens (including phenoxy) is 1. The van der Waals surface area contributed by atoms with Crippen molar-refractivity contribution >= 4 is 23.1 Å². The molecule has 0 fully saturated rings. The van der Waals surface area contributed by atoms with E-state index >= 15 is 0 Å². The molecule has 1 aromatic rings. The fourth-order valence-corrected chi connectivity index (χ4v) is 1.48. The largest absolute Gasteiger partial charge is 0.497 e. The Morgan fingerprint density at radius 2 is 2.25 bits per heavy atom. The molecule has 0 aromatic heterocycles. The van der Waals surface area contributed by atoms with Crippen LogP contribution in [-0.2, 0) is 0 Å². The monoisotopic (exact) mass is 238 g/mol. The van der Waals surface area contributed by atoms with Gasteiger partial charge in [0.2, 0.25) is 0 Å². The molecule has 0 aliphatic heterocycles. The molecular formula is C11H14N2O2S. The SMILES string of the molecule is COc1cccc(C(=O)N(C)CC(N)=S)c1. The average Bonchev–Trinajstić information content (AvgIpc) is 2.27. The number of nitrogens with zero attached hydrogens (tertiary/aromatic N) is 1. The molecule has 0 radical (unpaired) electrons. The Hall–Kier alpha value is -1.62. The molecule has 86 valence electrons. The molecule has 0 aliphatic carbocycles. The highest BCUT2D eigenvalue weighted by atomic mass is 32.1. The van der Waals surface area contributed by atoms with E-state index in [1.807, 2.05) is 0 Å². The third-order valence-corrected chi connectivity index (χ3v) is 2.19. The number of amides is 1. The highest BCUT2D eigenvalue weighted by Gasteiger charge is 2.12. The standard InChI is InChI=1S/C11H14N2O2S/c1-13(7-10(12)16)11(14)8-4-3-5-9(6-8)15-2/h3-6H,7H2,1-2H3,(H2,12,16). The third-order valence-electron chi connectivity index (χ3n) is 2.06. The van der Waals surface area contributed by atoms with E-state index in [4.69, 9.17) is 22.7 Å². The number of benzene rings is 1. The zero-order valence-corrected chi connectivity index (χ0v) is 10.1. The van der Waals surface area contributed by atoms with Crippen molar-refractivity contribution in [2.45, 2.75) is 0 Å². The van der Waals surface area contributed by atoms with Crippen LogP contribution in [0.25, 0.3) is 0 Å². The number of hydrogen-bond donors (Lipinski definition) is 1. The summed E-state index contributed by atoms with van der Waals surface area (Å²) in [6.07, 6.45) is 0. The normalized spacial score (nSPS) is 9.62. The molecule has 2 N–H and O–H groups in total. The maximum absolute atomic E-state index is 11.9. The number of hydrogen-bond acceptors (Lipinski definition) is 3. The van der Waals surface area contributed by atoms with Crippen LogP contribution in [0.15, 0.2) is 24.3 Å². The summed E-state index contributed by atoms with van der Waals surface area (Å²) in [5, 5.41) is 0. The molecule has 0 unspecified atom stereocenters. The summed E-state index contributed by atoms with van der Waals surface area (Å²) in [6.45, 7) is 0.269. The molecule has 0 aliphatic rings. The second-order valence-corrected chi connectivity index (χ2v) is 3.88. The van der Waals surface area contributed by atoms with Crippen LogP contribution in [0.5, 0.6) is 5.75 Å². The van der Waals surface area contributed by atoms with Crippen LogP contribution in [0.1, 0.15) is 10.4 Å². The van der Waals surface area contributed by atoms with Crippen molar-refractivity contribution < 1.29 is 9.53 Å². The molecule has 0 bridgehead atoms. The number of carbonyl (C=O) groups is 1. The zero-order chi connectivity index (χ0) is 12.1. The summed E-state index contributed by atoms with van der Waals surface area (Å²) < 4.78 is 5.04. The molecule has 0 spiro atoms. The van der Waals surface area contributed by atoms with E-state index in [0.717, 1.165) is 0 Å². The summed E-state index contributed by atoms with van der Waals surface area (Å²) in [7, 11) is 3.21. The number of nitrogens with two attached hydrogens (primary N) is 1. The van der Waals surface area contributed by atoms with Gasteiger partial charge in [0.15, 0.2) is 0 Å². The second-order valence-electron chi connectivity index (χ2n) is 3.36. The first-order chi connectivity index (χ1) is 7.54. The summed E-state index contributed by atoms with van der Waals surface area (Å²) in [4.78, 5) is 13.7. The molecule has 1 rings (SSSR count). The number of rotatable bonds is 4. The number of likely N-dealkylation sites (N-methyl/N-ethyl adjacent to an activating group) is 1. The van der Waals surface area contributed by atoms with E-state index in [2.05, 4.69) is 0 Å². The van der Waals surface area contributed by atoms with Gasteiger partial charge in [-0.1, -0.05) is 18.3 Å². The topological polar surface area (TPSA) is 55.6 Å². The van der Waals surface area contributed by atoms with E-state index in [9.17, 15) is 4.79 Å². The van der Waals surface area contributed by atoms with Gasteiger partial charge >= 0.3 is 0 Å². The molecule has 16 heavy (non-hydrogen) atoms. The van der Waals surface area contributed by atoms with Gasteiger partial charge in [-0.15, -0.1) is 0 Å². The number of thiocarbonyl (C=S) groups is 1. The predicted octanol–water partition coefficient (Wildman–Crippen LogP) is 1.05. The third kappa shape index (κ3) is 3.20. The quantitative estimate of drug-likeness (QED) is 0.797. The van der Waals surface area contributed by atoms with Crippen molar-refractivity contribution in [2.75, 3.05) is 20.7 Å². The Kier molecular flexibility index (Phi) is 4.25. The molecule has 0 saturated heterocycles. The lowest BCUT2D eigenvalue weighted by Crippen LogP contribution is -2.34. The average molecular weight is 238 g/mol. The van der Waals surface area contributed by atoms with Crippen LogP contribution >= 0.6 is 12.2 Å². The zero-order valence-electron chi connectivity index (χ0n) is 9.27. The Labute approximate surface area is 100.0 Å². The maximum Gasteiger partial charge on any atom is 0.254 e. The van der Waals surface area contributed by atoms with E-state index in [1.54, 1.807) is 38.4 Å². The van der Waals surface area contributed by atoms with Crippen LogP contribution in [0.2, 0.25) is 0 Å². The van der Waals surface area contributed by atoms with E-state index in [-0.39, 0.29) is 12.5 Å². The molecule has 4 nitrogen and oxygen atoms in total. The highest BCUT2D eigenvalue weighted by molar-refractivity contribution is 7.80. The molecule has 1 aromatic carbocycles. The number of methoxy groups -OCH3 is 1. The Balaban J connectivity index is 2.83. The number of carbonyl (C=O) groups excluding carboxylic acids is 1. The lowest BCUT2D eigenvalue weighted by atomic mass is 10.2. The van der Waals surface area contributed by atoms with Crippen molar-refractivity contribution in [2.24, 2.45) is 5.73 Å². The Morgan fingerprint density at radius 3 is 2.81 bits per heavy atom. The van der Waals surface area contributed by atoms with Gasteiger partial charge in [0.05, 0.1) is 18.6 Å². The first kappa shape index (κ1) is 12.4. The van der Waals surface area contributed by atoms with Crippen LogP contribution in [0, 0.1) is 0 Å². The Morgan fingerprint density at radius 1 is 1.56 bits per heavy atom. The van der Waals surface area contributed by atoms with Gasteiger partial charge in [-0.2, -0.15) is 0 Å². The van der Waals surface area contributed by atoms with Crippen LogP contribution in [-0.4, -0.2) is 36.5 Å². The minimum atomic E-state index is -0.133. The molecule has 0 atom stereocenters. The summed E-state index contributed by atoms with van der Waals surface area (Å²) >= 11 is 4.75. The van der Waals surface area contributed by atoms with Gasteiger partial charge in [0.25, 0.3) is 5.91 Å². The van der Waals surface area contributed by atoms with Crippen molar-refractivity contribution in [3.05, 3.63) is 29.8 Å². The summed E-state index contributed by atoms with van der Waals surface area (Å²) in [5.41, 5.74) is 5.93. The molecular weight excluding hydrogens is 224 g/mol. The minimum absolute atomic E-state index is 0.133. The van der Waals surface area contributed by atoms with E-state index in [0.29, 0.717) is 16.3 Å². The van der Waals surface area contributed by atoms with E-state index < -0.39 is 0 Å². The van der Waals surface area contributed by atoms with Crippen molar-refractivity contribution in [3.8, 4) is 5.75 Å². The lowest BCUT2D eigenvalue weighted by molar-refractivity contribution is 0.0815. The van der Waals surface area contributed by atoms with Gasteiger partial charge in [-0.3, -0.25) is 4.79 Å². The molecule has 0 heterocycles.